The third kappa shape index (κ3) is 4.35. The van der Waals surface area contributed by atoms with E-state index in [9.17, 15) is 9.59 Å². The van der Waals surface area contributed by atoms with Gasteiger partial charge in [0.25, 0.3) is 0 Å². The molecule has 0 unspecified atom stereocenters. The molecule has 0 aliphatic carbocycles. The summed E-state index contributed by atoms with van der Waals surface area (Å²) in [5, 5.41) is 5.99. The quantitative estimate of drug-likeness (QED) is 0.787. The minimum absolute atomic E-state index is 0.103. The third-order valence-corrected chi connectivity index (χ3v) is 2.92. The maximum atomic E-state index is 11.0. The Morgan fingerprint density at radius 2 is 1.71 bits per heavy atom. The lowest BCUT2D eigenvalue weighted by molar-refractivity contribution is -0.114. The van der Waals surface area contributed by atoms with Crippen LogP contribution in [0.3, 0.4) is 0 Å². The first-order valence-electron chi connectivity index (χ1n) is 6.55. The van der Waals surface area contributed by atoms with E-state index in [1.165, 1.54) is 6.92 Å². The zero-order valence-corrected chi connectivity index (χ0v) is 11.7. The molecule has 0 radical (unpaired) electrons. The van der Waals surface area contributed by atoms with Gasteiger partial charge in [-0.25, -0.2) is 0 Å². The van der Waals surface area contributed by atoms with Crippen molar-refractivity contribution in [3.63, 3.8) is 0 Å². The first kappa shape index (κ1) is 14.6. The Bertz CT molecular complexity index is 651. The van der Waals surface area contributed by atoms with E-state index < -0.39 is 5.91 Å². The van der Waals surface area contributed by atoms with Gasteiger partial charge in [-0.3, -0.25) is 9.59 Å². The highest BCUT2D eigenvalue weighted by Gasteiger charge is 2.01. The van der Waals surface area contributed by atoms with Crippen molar-refractivity contribution in [1.29, 1.82) is 0 Å². The molecule has 108 valence electrons. The molecule has 0 atom stereocenters. The summed E-state index contributed by atoms with van der Waals surface area (Å²) in [6.45, 7) is 2.09. The van der Waals surface area contributed by atoms with Crippen LogP contribution in [0.15, 0.2) is 48.5 Å². The molecular formula is C16H17N3O2. The number of benzene rings is 2. The fraction of sp³-hybridized carbons (Fsp3) is 0.125. The molecule has 0 heterocycles. The highest BCUT2D eigenvalue weighted by atomic mass is 16.1. The fourth-order valence-electron chi connectivity index (χ4n) is 1.90. The van der Waals surface area contributed by atoms with Crippen LogP contribution < -0.4 is 16.4 Å². The molecule has 4 N–H and O–H groups in total. The van der Waals surface area contributed by atoms with Crippen molar-refractivity contribution in [3.05, 3.63) is 59.7 Å². The molecule has 0 spiro atoms. The van der Waals surface area contributed by atoms with E-state index in [1.54, 1.807) is 12.1 Å². The topological polar surface area (TPSA) is 84.2 Å². The average molecular weight is 283 g/mol. The van der Waals surface area contributed by atoms with Gasteiger partial charge in [0.2, 0.25) is 11.8 Å². The number of amides is 2. The summed E-state index contributed by atoms with van der Waals surface area (Å²) in [6, 6.07) is 14.6. The molecule has 0 saturated heterocycles. The highest BCUT2D eigenvalue weighted by Crippen LogP contribution is 2.16. The molecule has 0 aromatic heterocycles. The van der Waals surface area contributed by atoms with Crippen LogP contribution in [0.1, 0.15) is 22.8 Å². The van der Waals surface area contributed by atoms with Gasteiger partial charge in [-0.1, -0.05) is 18.2 Å². The number of nitrogens with two attached hydrogens (primary N) is 1. The average Bonchev–Trinajstić information content (AvgIpc) is 2.45. The van der Waals surface area contributed by atoms with Crippen LogP contribution in [0, 0.1) is 0 Å². The van der Waals surface area contributed by atoms with E-state index in [0.29, 0.717) is 12.1 Å². The van der Waals surface area contributed by atoms with Crippen molar-refractivity contribution in [1.82, 2.24) is 0 Å². The fourth-order valence-corrected chi connectivity index (χ4v) is 1.90. The monoisotopic (exact) mass is 283 g/mol. The van der Waals surface area contributed by atoms with Crippen molar-refractivity contribution in [3.8, 4) is 0 Å². The van der Waals surface area contributed by atoms with Crippen LogP contribution in [0.5, 0.6) is 0 Å². The lowest BCUT2D eigenvalue weighted by Crippen LogP contribution is -2.10. The van der Waals surface area contributed by atoms with Gasteiger partial charge in [0.15, 0.2) is 0 Å². The second-order valence-corrected chi connectivity index (χ2v) is 4.68. The molecule has 2 aromatic rings. The van der Waals surface area contributed by atoms with Gasteiger partial charge in [-0.2, -0.15) is 0 Å². The van der Waals surface area contributed by atoms with Gasteiger partial charge >= 0.3 is 0 Å². The summed E-state index contributed by atoms with van der Waals surface area (Å²) in [5.41, 5.74) is 8.37. The lowest BCUT2D eigenvalue weighted by Gasteiger charge is -2.09. The molecule has 0 aliphatic rings. The maximum absolute atomic E-state index is 11.0. The third-order valence-electron chi connectivity index (χ3n) is 2.92. The zero-order valence-electron chi connectivity index (χ0n) is 11.7. The molecule has 2 aromatic carbocycles. The van der Waals surface area contributed by atoms with Gasteiger partial charge in [-0.15, -0.1) is 0 Å². The number of anilines is 2. The predicted octanol–water partition coefficient (Wildman–Crippen LogP) is 2.36. The lowest BCUT2D eigenvalue weighted by atomic mass is 10.1. The number of nitrogens with one attached hydrogen (secondary N) is 2. The van der Waals surface area contributed by atoms with Crippen LogP contribution >= 0.6 is 0 Å². The molecule has 0 aliphatic heterocycles. The number of hydrogen-bond acceptors (Lipinski definition) is 3. The molecule has 0 fully saturated rings. The molecule has 0 bridgehead atoms. The molecular weight excluding hydrogens is 266 g/mol. The molecule has 21 heavy (non-hydrogen) atoms. The highest BCUT2D eigenvalue weighted by molar-refractivity contribution is 5.92. The zero-order chi connectivity index (χ0) is 15.2. The van der Waals surface area contributed by atoms with Gasteiger partial charge in [0, 0.05) is 30.4 Å². The molecule has 5 nitrogen and oxygen atoms in total. The summed E-state index contributed by atoms with van der Waals surface area (Å²) in [7, 11) is 0. The van der Waals surface area contributed by atoms with Crippen LogP contribution in [0.2, 0.25) is 0 Å². The smallest absolute Gasteiger partial charge is 0.248 e. The van der Waals surface area contributed by atoms with E-state index in [4.69, 9.17) is 5.73 Å². The Morgan fingerprint density at radius 3 is 2.33 bits per heavy atom. The summed E-state index contributed by atoms with van der Waals surface area (Å²) >= 11 is 0. The molecule has 0 saturated carbocycles. The standard InChI is InChI=1S/C16H17N3O2/c1-11(20)19-15-4-2-3-14(9-15)18-10-12-5-7-13(8-6-12)16(17)21/h2-9,18H,10H2,1H3,(H2,17,21)(H,19,20). The largest absolute Gasteiger partial charge is 0.381 e. The van der Waals surface area contributed by atoms with Gasteiger partial charge in [-0.05, 0) is 35.9 Å². The summed E-state index contributed by atoms with van der Waals surface area (Å²) in [5.74, 6) is -0.535. The van der Waals surface area contributed by atoms with Crippen LogP contribution in [0.25, 0.3) is 0 Å². The van der Waals surface area contributed by atoms with Crippen LogP contribution in [-0.4, -0.2) is 11.8 Å². The van der Waals surface area contributed by atoms with Crippen molar-refractivity contribution in [2.45, 2.75) is 13.5 Å². The van der Waals surface area contributed by atoms with E-state index >= 15 is 0 Å². The number of carbonyl (C=O) groups excluding carboxylic acids is 2. The second-order valence-electron chi connectivity index (χ2n) is 4.68. The maximum Gasteiger partial charge on any atom is 0.248 e. The van der Waals surface area contributed by atoms with E-state index in [2.05, 4.69) is 10.6 Å². The Kier molecular flexibility index (Phi) is 4.56. The Labute approximate surface area is 123 Å². The molecule has 2 rings (SSSR count). The van der Waals surface area contributed by atoms with Crippen LogP contribution in [-0.2, 0) is 11.3 Å². The number of rotatable bonds is 5. The Balaban J connectivity index is 1.99. The minimum atomic E-state index is -0.433. The molecule has 5 heteroatoms. The van der Waals surface area contributed by atoms with Gasteiger partial charge in [0.1, 0.15) is 0 Å². The predicted molar refractivity (Wildman–Crippen MR) is 83.0 cm³/mol. The number of hydrogen-bond donors (Lipinski definition) is 3. The Morgan fingerprint density at radius 1 is 1.05 bits per heavy atom. The van der Waals surface area contributed by atoms with Gasteiger partial charge < -0.3 is 16.4 Å². The number of carbonyl (C=O) groups is 2. The second kappa shape index (κ2) is 6.56. The van der Waals surface area contributed by atoms with Crippen molar-refractivity contribution >= 4 is 23.2 Å². The summed E-state index contributed by atoms with van der Waals surface area (Å²) < 4.78 is 0. The minimum Gasteiger partial charge on any atom is -0.381 e. The first-order valence-corrected chi connectivity index (χ1v) is 6.55. The van der Waals surface area contributed by atoms with Crippen LogP contribution in [0.4, 0.5) is 11.4 Å². The van der Waals surface area contributed by atoms with Gasteiger partial charge in [0.05, 0.1) is 0 Å². The van der Waals surface area contributed by atoms with Crippen molar-refractivity contribution in [2.24, 2.45) is 5.73 Å². The Hall–Kier alpha value is -2.82. The van der Waals surface area contributed by atoms with E-state index in [0.717, 1.165) is 16.9 Å². The van der Waals surface area contributed by atoms with E-state index in [-0.39, 0.29) is 5.91 Å². The normalized spacial score (nSPS) is 9.95. The first-order chi connectivity index (χ1) is 10.0. The van der Waals surface area contributed by atoms with Crippen molar-refractivity contribution < 1.29 is 9.59 Å². The van der Waals surface area contributed by atoms with E-state index in [1.807, 2.05) is 36.4 Å². The summed E-state index contributed by atoms with van der Waals surface area (Å²) in [6.07, 6.45) is 0. The molecule has 2 amide bonds. The SMILES string of the molecule is CC(=O)Nc1cccc(NCc2ccc(C(N)=O)cc2)c1. The summed E-state index contributed by atoms with van der Waals surface area (Å²) in [4.78, 5) is 22.0. The van der Waals surface area contributed by atoms with Crippen molar-refractivity contribution in [2.75, 3.05) is 10.6 Å². The number of primary amides is 1.